The van der Waals surface area contributed by atoms with Gasteiger partial charge in [0.25, 0.3) is 0 Å². The van der Waals surface area contributed by atoms with Crippen molar-refractivity contribution in [3.05, 3.63) is 29.6 Å². The summed E-state index contributed by atoms with van der Waals surface area (Å²) in [7, 11) is 6.02. The van der Waals surface area contributed by atoms with E-state index in [-0.39, 0.29) is 5.82 Å². The monoisotopic (exact) mass is 251 g/mol. The van der Waals surface area contributed by atoms with E-state index >= 15 is 0 Å². The van der Waals surface area contributed by atoms with E-state index in [9.17, 15) is 4.39 Å². The molecule has 3 nitrogen and oxygen atoms in total. The van der Waals surface area contributed by atoms with Crippen LogP contribution in [0.3, 0.4) is 0 Å². The molecule has 18 heavy (non-hydrogen) atoms. The average Bonchev–Trinajstić information content (AvgIpc) is 2.70. The molecular weight excluding hydrogens is 229 g/mol. The van der Waals surface area contributed by atoms with Crippen LogP contribution in [0.2, 0.25) is 0 Å². The lowest BCUT2D eigenvalue weighted by molar-refractivity contribution is 0.314. The van der Waals surface area contributed by atoms with Crippen LogP contribution in [0.4, 0.5) is 10.1 Å². The Morgan fingerprint density at radius 2 is 2.17 bits per heavy atom. The lowest BCUT2D eigenvalue weighted by Crippen LogP contribution is -2.22. The summed E-state index contributed by atoms with van der Waals surface area (Å²) in [4.78, 5) is 4.29. The summed E-state index contributed by atoms with van der Waals surface area (Å²) in [5.41, 5.74) is 7.92. The van der Waals surface area contributed by atoms with Gasteiger partial charge in [-0.25, -0.2) is 4.39 Å². The molecule has 1 aliphatic heterocycles. The van der Waals surface area contributed by atoms with Gasteiger partial charge < -0.3 is 10.6 Å². The molecule has 2 rings (SSSR count). The highest BCUT2D eigenvalue weighted by atomic mass is 19.1. The first-order chi connectivity index (χ1) is 8.52. The molecule has 2 atom stereocenters. The van der Waals surface area contributed by atoms with E-state index in [0.717, 1.165) is 25.2 Å². The third-order valence-corrected chi connectivity index (χ3v) is 3.80. The Hall–Kier alpha value is -1.13. The van der Waals surface area contributed by atoms with Crippen molar-refractivity contribution in [1.29, 1.82) is 0 Å². The summed E-state index contributed by atoms with van der Waals surface area (Å²) >= 11 is 0. The molecule has 2 N–H and O–H groups in total. The molecular formula is C14H22FN3. The first kappa shape index (κ1) is 13.3. The highest BCUT2D eigenvalue weighted by molar-refractivity contribution is 5.54. The predicted molar refractivity (Wildman–Crippen MR) is 73.3 cm³/mol. The minimum atomic E-state index is -0.182. The van der Waals surface area contributed by atoms with Gasteiger partial charge in [-0.3, -0.25) is 4.90 Å². The van der Waals surface area contributed by atoms with E-state index < -0.39 is 0 Å². The fraction of sp³-hybridized carbons (Fsp3) is 0.571. The van der Waals surface area contributed by atoms with Crippen LogP contribution in [0.1, 0.15) is 18.0 Å². The van der Waals surface area contributed by atoms with Crippen molar-refractivity contribution in [2.75, 3.05) is 39.1 Å². The maximum absolute atomic E-state index is 13.4. The number of halogens is 1. The number of nitrogens with two attached hydrogens (primary N) is 1. The topological polar surface area (TPSA) is 32.5 Å². The minimum absolute atomic E-state index is 0.182. The number of likely N-dealkylation sites (tertiary alicyclic amines) is 1. The molecule has 0 aliphatic carbocycles. The third-order valence-electron chi connectivity index (χ3n) is 3.80. The molecule has 1 aromatic carbocycles. The van der Waals surface area contributed by atoms with Crippen molar-refractivity contribution in [2.24, 2.45) is 11.7 Å². The van der Waals surface area contributed by atoms with Gasteiger partial charge in [0.15, 0.2) is 0 Å². The molecule has 4 heteroatoms. The Morgan fingerprint density at radius 3 is 2.72 bits per heavy atom. The summed E-state index contributed by atoms with van der Waals surface area (Å²) in [5.74, 6) is 0.360. The van der Waals surface area contributed by atoms with E-state index in [1.54, 1.807) is 12.1 Å². The first-order valence-corrected chi connectivity index (χ1v) is 6.40. The van der Waals surface area contributed by atoms with Crippen LogP contribution in [-0.4, -0.2) is 39.1 Å². The lowest BCUT2D eigenvalue weighted by atomic mass is 9.98. The van der Waals surface area contributed by atoms with Crippen LogP contribution in [0.25, 0.3) is 0 Å². The molecule has 0 spiro atoms. The SMILES string of the molecule is CN(C)c1cc(F)ccc1C1CC(CN)CN1C. The molecule has 0 radical (unpaired) electrons. The van der Waals surface area contributed by atoms with E-state index in [1.165, 1.54) is 5.56 Å². The van der Waals surface area contributed by atoms with Gasteiger partial charge in [-0.05, 0) is 43.6 Å². The first-order valence-electron chi connectivity index (χ1n) is 6.40. The number of rotatable bonds is 3. The van der Waals surface area contributed by atoms with Crippen LogP contribution in [-0.2, 0) is 0 Å². The molecule has 0 saturated carbocycles. The highest BCUT2D eigenvalue weighted by Crippen LogP contribution is 2.38. The second-order valence-electron chi connectivity index (χ2n) is 5.39. The normalized spacial score (nSPS) is 24.5. The van der Waals surface area contributed by atoms with Crippen molar-refractivity contribution in [3.8, 4) is 0 Å². The van der Waals surface area contributed by atoms with Gasteiger partial charge in [0.1, 0.15) is 5.82 Å². The quantitative estimate of drug-likeness (QED) is 0.890. The van der Waals surface area contributed by atoms with Crippen molar-refractivity contribution in [3.63, 3.8) is 0 Å². The molecule has 1 heterocycles. The fourth-order valence-corrected chi connectivity index (χ4v) is 2.83. The largest absolute Gasteiger partial charge is 0.377 e. The minimum Gasteiger partial charge on any atom is -0.377 e. The molecule has 2 unspecified atom stereocenters. The van der Waals surface area contributed by atoms with Crippen LogP contribution in [0.15, 0.2) is 18.2 Å². The van der Waals surface area contributed by atoms with Crippen LogP contribution in [0, 0.1) is 11.7 Å². The van der Waals surface area contributed by atoms with Crippen molar-refractivity contribution in [1.82, 2.24) is 4.90 Å². The van der Waals surface area contributed by atoms with Crippen molar-refractivity contribution >= 4 is 5.69 Å². The molecule has 1 aromatic rings. The Bertz CT molecular complexity index is 420. The van der Waals surface area contributed by atoms with Gasteiger partial charge in [-0.2, -0.15) is 0 Å². The Morgan fingerprint density at radius 1 is 1.44 bits per heavy atom. The van der Waals surface area contributed by atoms with E-state index in [1.807, 2.05) is 25.1 Å². The number of hydrogen-bond donors (Lipinski definition) is 1. The molecule has 0 aromatic heterocycles. The second-order valence-corrected chi connectivity index (χ2v) is 5.39. The Kier molecular flexibility index (Phi) is 3.88. The molecule has 1 fully saturated rings. The number of benzene rings is 1. The molecule has 100 valence electrons. The van der Waals surface area contributed by atoms with Gasteiger partial charge in [0.05, 0.1) is 0 Å². The fourth-order valence-electron chi connectivity index (χ4n) is 2.83. The predicted octanol–water partition coefficient (Wildman–Crippen LogP) is 1.84. The number of nitrogens with zero attached hydrogens (tertiary/aromatic N) is 2. The molecule has 0 bridgehead atoms. The number of hydrogen-bond acceptors (Lipinski definition) is 3. The van der Waals surface area contributed by atoms with Gasteiger partial charge in [-0.1, -0.05) is 6.07 Å². The van der Waals surface area contributed by atoms with Crippen molar-refractivity contribution in [2.45, 2.75) is 12.5 Å². The third kappa shape index (κ3) is 2.49. The van der Waals surface area contributed by atoms with Gasteiger partial charge in [0.2, 0.25) is 0 Å². The van der Waals surface area contributed by atoms with Crippen molar-refractivity contribution < 1.29 is 4.39 Å². The van der Waals surface area contributed by atoms with E-state index in [4.69, 9.17) is 5.73 Å². The summed E-state index contributed by atoms with van der Waals surface area (Å²) in [6.45, 7) is 1.74. The lowest BCUT2D eigenvalue weighted by Gasteiger charge is -2.25. The summed E-state index contributed by atoms with van der Waals surface area (Å²) in [6, 6.07) is 5.41. The van der Waals surface area contributed by atoms with Gasteiger partial charge >= 0.3 is 0 Å². The second kappa shape index (κ2) is 5.24. The van der Waals surface area contributed by atoms with Crippen LogP contribution < -0.4 is 10.6 Å². The average molecular weight is 251 g/mol. The van der Waals surface area contributed by atoms with Gasteiger partial charge in [0, 0.05) is 32.4 Å². The molecule has 0 amide bonds. The smallest absolute Gasteiger partial charge is 0.125 e. The van der Waals surface area contributed by atoms with E-state index in [0.29, 0.717) is 12.0 Å². The van der Waals surface area contributed by atoms with Crippen LogP contribution >= 0.6 is 0 Å². The van der Waals surface area contributed by atoms with Crippen LogP contribution in [0.5, 0.6) is 0 Å². The maximum atomic E-state index is 13.4. The number of anilines is 1. The zero-order valence-electron chi connectivity index (χ0n) is 11.4. The maximum Gasteiger partial charge on any atom is 0.125 e. The zero-order valence-corrected chi connectivity index (χ0v) is 11.4. The molecule has 1 aliphatic rings. The van der Waals surface area contributed by atoms with Gasteiger partial charge in [-0.15, -0.1) is 0 Å². The zero-order chi connectivity index (χ0) is 13.3. The summed E-state index contributed by atoms with van der Waals surface area (Å²) < 4.78 is 13.4. The Balaban J connectivity index is 2.33. The summed E-state index contributed by atoms with van der Waals surface area (Å²) in [6.07, 6.45) is 1.06. The standard InChI is InChI=1S/C14H22FN3/c1-17(2)13-7-11(15)4-5-12(13)14-6-10(8-16)9-18(14)3/h4-5,7,10,14H,6,8-9,16H2,1-3H3. The highest BCUT2D eigenvalue weighted by Gasteiger charge is 2.31. The summed E-state index contributed by atoms with van der Waals surface area (Å²) in [5, 5.41) is 0. The Labute approximate surface area is 108 Å². The van der Waals surface area contributed by atoms with E-state index in [2.05, 4.69) is 11.9 Å². The molecule has 1 saturated heterocycles.